The van der Waals surface area contributed by atoms with E-state index in [1.807, 2.05) is 0 Å². The van der Waals surface area contributed by atoms with E-state index in [2.05, 4.69) is 69.7 Å². The Morgan fingerprint density at radius 2 is 1.72 bits per heavy atom. The number of carbonyl (C=O) groups excluding carboxylic acids is 1. The SMILES string of the molecule is O=C(NCCCN1CCCc2ccccc21)C1CCN(Cc2ccccc2)CC1. The second-order valence-corrected chi connectivity index (χ2v) is 8.40. The quantitative estimate of drug-likeness (QED) is 0.728. The van der Waals surface area contributed by atoms with Gasteiger partial charge in [0.05, 0.1) is 0 Å². The summed E-state index contributed by atoms with van der Waals surface area (Å²) < 4.78 is 0. The standard InChI is InChI=1S/C25H33N3O/c29-25(23-13-18-27(19-14-23)20-21-8-2-1-3-9-21)26-15-7-17-28-16-6-11-22-10-4-5-12-24(22)28/h1-5,8-10,12,23H,6-7,11,13-20H2,(H,26,29). The highest BCUT2D eigenvalue weighted by Gasteiger charge is 2.24. The molecule has 0 bridgehead atoms. The first-order chi connectivity index (χ1) is 14.3. The number of hydrogen-bond acceptors (Lipinski definition) is 3. The highest BCUT2D eigenvalue weighted by molar-refractivity contribution is 5.78. The van der Waals surface area contributed by atoms with Crippen LogP contribution in [-0.2, 0) is 17.8 Å². The Labute approximate surface area is 174 Å². The molecule has 0 aliphatic carbocycles. The van der Waals surface area contributed by atoms with Gasteiger partial charge < -0.3 is 10.2 Å². The molecule has 1 saturated heterocycles. The molecular weight excluding hydrogens is 358 g/mol. The third kappa shape index (κ3) is 5.39. The number of likely N-dealkylation sites (tertiary alicyclic amines) is 1. The van der Waals surface area contributed by atoms with Crippen LogP contribution in [0.1, 0.15) is 36.8 Å². The first kappa shape index (κ1) is 20.0. The maximum Gasteiger partial charge on any atom is 0.223 e. The van der Waals surface area contributed by atoms with Crippen molar-refractivity contribution in [3.05, 3.63) is 65.7 Å². The van der Waals surface area contributed by atoms with Crippen LogP contribution in [0.2, 0.25) is 0 Å². The summed E-state index contributed by atoms with van der Waals surface area (Å²) in [6.45, 7) is 5.95. The van der Waals surface area contributed by atoms with Crippen molar-refractivity contribution in [1.82, 2.24) is 10.2 Å². The molecule has 1 N–H and O–H groups in total. The maximum absolute atomic E-state index is 12.6. The van der Waals surface area contributed by atoms with Crippen LogP contribution < -0.4 is 10.2 Å². The van der Waals surface area contributed by atoms with Gasteiger partial charge in [-0.05, 0) is 62.4 Å². The molecule has 29 heavy (non-hydrogen) atoms. The molecule has 4 heteroatoms. The van der Waals surface area contributed by atoms with Crippen LogP contribution in [0.4, 0.5) is 5.69 Å². The number of nitrogens with one attached hydrogen (secondary N) is 1. The van der Waals surface area contributed by atoms with E-state index >= 15 is 0 Å². The molecular formula is C25H33N3O. The van der Waals surface area contributed by atoms with Crippen molar-refractivity contribution in [2.75, 3.05) is 37.6 Å². The van der Waals surface area contributed by atoms with Crippen LogP contribution in [0.3, 0.4) is 0 Å². The van der Waals surface area contributed by atoms with Crippen molar-refractivity contribution in [1.29, 1.82) is 0 Å². The second-order valence-electron chi connectivity index (χ2n) is 8.40. The third-order valence-electron chi connectivity index (χ3n) is 6.32. The van der Waals surface area contributed by atoms with Crippen molar-refractivity contribution in [2.24, 2.45) is 5.92 Å². The summed E-state index contributed by atoms with van der Waals surface area (Å²) in [5.74, 6) is 0.432. The molecule has 2 heterocycles. The number of aryl methyl sites for hydroxylation is 1. The number of fused-ring (bicyclic) bond motifs is 1. The molecule has 4 rings (SSSR count). The predicted molar refractivity (Wildman–Crippen MR) is 119 cm³/mol. The van der Waals surface area contributed by atoms with Crippen LogP contribution in [0.15, 0.2) is 54.6 Å². The lowest BCUT2D eigenvalue weighted by Gasteiger charge is -2.32. The van der Waals surface area contributed by atoms with Gasteiger partial charge in [0.1, 0.15) is 0 Å². The van der Waals surface area contributed by atoms with E-state index in [9.17, 15) is 4.79 Å². The Bertz CT molecular complexity index is 784. The van der Waals surface area contributed by atoms with Crippen LogP contribution in [0, 0.1) is 5.92 Å². The molecule has 2 aromatic carbocycles. The number of rotatable bonds is 7. The van der Waals surface area contributed by atoms with E-state index in [1.165, 1.54) is 29.7 Å². The molecule has 0 spiro atoms. The molecule has 0 atom stereocenters. The van der Waals surface area contributed by atoms with Crippen molar-refractivity contribution in [3.8, 4) is 0 Å². The maximum atomic E-state index is 12.6. The molecule has 0 unspecified atom stereocenters. The van der Waals surface area contributed by atoms with E-state index in [-0.39, 0.29) is 11.8 Å². The largest absolute Gasteiger partial charge is 0.371 e. The van der Waals surface area contributed by atoms with E-state index < -0.39 is 0 Å². The molecule has 0 aromatic heterocycles. The van der Waals surface area contributed by atoms with Crippen molar-refractivity contribution in [2.45, 2.75) is 38.6 Å². The minimum absolute atomic E-state index is 0.178. The first-order valence-corrected chi connectivity index (χ1v) is 11.2. The Morgan fingerprint density at radius 3 is 2.55 bits per heavy atom. The van der Waals surface area contributed by atoms with Gasteiger partial charge in [-0.1, -0.05) is 48.5 Å². The lowest BCUT2D eigenvalue weighted by atomic mass is 9.95. The molecule has 154 valence electrons. The number of hydrogen-bond donors (Lipinski definition) is 1. The zero-order valence-electron chi connectivity index (χ0n) is 17.4. The number of anilines is 1. The summed E-state index contributed by atoms with van der Waals surface area (Å²) in [6.07, 6.45) is 5.36. The van der Waals surface area contributed by atoms with Gasteiger partial charge in [-0.15, -0.1) is 0 Å². The molecule has 2 aliphatic heterocycles. The zero-order chi connectivity index (χ0) is 19.9. The molecule has 1 fully saturated rings. The molecule has 0 radical (unpaired) electrons. The fourth-order valence-corrected chi connectivity index (χ4v) is 4.66. The van der Waals surface area contributed by atoms with Crippen LogP contribution in [0.5, 0.6) is 0 Å². The number of nitrogens with zero attached hydrogens (tertiary/aromatic N) is 2. The van der Waals surface area contributed by atoms with Gasteiger partial charge in [0.15, 0.2) is 0 Å². The summed E-state index contributed by atoms with van der Waals surface area (Å²) in [4.78, 5) is 17.5. The Morgan fingerprint density at radius 1 is 0.966 bits per heavy atom. The van der Waals surface area contributed by atoms with Crippen molar-refractivity contribution >= 4 is 11.6 Å². The normalized spacial score (nSPS) is 17.7. The fourth-order valence-electron chi connectivity index (χ4n) is 4.66. The summed E-state index contributed by atoms with van der Waals surface area (Å²) in [5.41, 5.74) is 4.20. The number of para-hydroxylation sites is 1. The van der Waals surface area contributed by atoms with Gasteiger partial charge >= 0.3 is 0 Å². The van der Waals surface area contributed by atoms with E-state index in [0.717, 1.165) is 58.5 Å². The molecule has 1 amide bonds. The number of benzene rings is 2. The minimum atomic E-state index is 0.178. The van der Waals surface area contributed by atoms with Gasteiger partial charge in [0, 0.05) is 37.8 Å². The monoisotopic (exact) mass is 391 g/mol. The Kier molecular flexibility index (Phi) is 6.83. The first-order valence-electron chi connectivity index (χ1n) is 11.2. The van der Waals surface area contributed by atoms with Gasteiger partial charge in [0.25, 0.3) is 0 Å². The summed E-state index contributed by atoms with van der Waals surface area (Å²) in [6, 6.07) is 19.3. The molecule has 0 saturated carbocycles. The van der Waals surface area contributed by atoms with E-state index in [4.69, 9.17) is 0 Å². The smallest absolute Gasteiger partial charge is 0.223 e. The highest BCUT2D eigenvalue weighted by Crippen LogP contribution is 2.26. The number of piperidine rings is 1. The van der Waals surface area contributed by atoms with Crippen molar-refractivity contribution < 1.29 is 4.79 Å². The lowest BCUT2D eigenvalue weighted by Crippen LogP contribution is -2.41. The van der Waals surface area contributed by atoms with E-state index in [0.29, 0.717) is 0 Å². The third-order valence-corrected chi connectivity index (χ3v) is 6.32. The van der Waals surface area contributed by atoms with Crippen LogP contribution >= 0.6 is 0 Å². The average molecular weight is 392 g/mol. The van der Waals surface area contributed by atoms with Crippen LogP contribution in [0.25, 0.3) is 0 Å². The molecule has 4 nitrogen and oxygen atoms in total. The molecule has 2 aromatic rings. The van der Waals surface area contributed by atoms with Crippen LogP contribution in [-0.4, -0.2) is 43.5 Å². The zero-order valence-corrected chi connectivity index (χ0v) is 17.4. The highest BCUT2D eigenvalue weighted by atomic mass is 16.1. The average Bonchev–Trinajstić information content (AvgIpc) is 2.78. The fraction of sp³-hybridized carbons (Fsp3) is 0.480. The van der Waals surface area contributed by atoms with Gasteiger partial charge in [-0.3, -0.25) is 9.69 Å². The topological polar surface area (TPSA) is 35.6 Å². The van der Waals surface area contributed by atoms with Crippen molar-refractivity contribution in [3.63, 3.8) is 0 Å². The second kappa shape index (κ2) is 9.93. The Balaban J connectivity index is 1.15. The van der Waals surface area contributed by atoms with E-state index in [1.54, 1.807) is 0 Å². The summed E-state index contributed by atoms with van der Waals surface area (Å²) >= 11 is 0. The minimum Gasteiger partial charge on any atom is -0.371 e. The lowest BCUT2D eigenvalue weighted by molar-refractivity contribution is -0.126. The van der Waals surface area contributed by atoms with Gasteiger partial charge in [0.2, 0.25) is 5.91 Å². The molecule has 2 aliphatic rings. The summed E-state index contributed by atoms with van der Waals surface area (Å²) in [7, 11) is 0. The predicted octanol–water partition coefficient (Wildman–Crippen LogP) is 3.86. The number of carbonyl (C=O) groups is 1. The number of amides is 1. The Hall–Kier alpha value is -2.33. The van der Waals surface area contributed by atoms with Gasteiger partial charge in [-0.2, -0.15) is 0 Å². The van der Waals surface area contributed by atoms with Gasteiger partial charge in [-0.25, -0.2) is 0 Å². The summed E-state index contributed by atoms with van der Waals surface area (Å²) in [5, 5.41) is 3.20.